The summed E-state index contributed by atoms with van der Waals surface area (Å²) in [6.45, 7) is 9.83. The van der Waals surface area contributed by atoms with Crippen molar-refractivity contribution in [3.05, 3.63) is 48.9 Å². The first-order chi connectivity index (χ1) is 14.7. The topological polar surface area (TPSA) is 65.8 Å². The molecule has 2 atom stereocenters. The Morgan fingerprint density at radius 2 is 2.10 bits per heavy atom. The molecule has 1 fully saturated rings. The van der Waals surface area contributed by atoms with E-state index in [1.54, 1.807) is 12.4 Å². The Bertz CT molecular complexity index is 858. The van der Waals surface area contributed by atoms with Crippen LogP contribution in [0.1, 0.15) is 25.8 Å². The van der Waals surface area contributed by atoms with Gasteiger partial charge in [0.05, 0.1) is 11.5 Å². The summed E-state index contributed by atoms with van der Waals surface area (Å²) in [6.07, 6.45) is 6.28. The van der Waals surface area contributed by atoms with Gasteiger partial charge in [-0.25, -0.2) is 0 Å². The van der Waals surface area contributed by atoms with E-state index in [0.717, 1.165) is 29.9 Å². The molecule has 2 rings (SSSR count). The highest BCUT2D eigenvalue weighted by Crippen LogP contribution is 2.37. The number of nitrogens with one attached hydrogen (secondary N) is 1. The average molecular weight is 425 g/mol. The van der Waals surface area contributed by atoms with Crippen LogP contribution in [-0.2, 0) is 11.3 Å². The van der Waals surface area contributed by atoms with Crippen molar-refractivity contribution in [2.24, 2.45) is 5.41 Å². The molecule has 0 aliphatic carbocycles. The molecule has 1 heterocycles. The van der Waals surface area contributed by atoms with Gasteiger partial charge in [-0.15, -0.1) is 0 Å². The summed E-state index contributed by atoms with van der Waals surface area (Å²) in [6, 6.07) is 8.02. The maximum absolute atomic E-state index is 13.3. The lowest BCUT2D eigenvalue weighted by Gasteiger charge is -2.29. The Kier molecular flexibility index (Phi) is 8.12. The minimum Gasteiger partial charge on any atom is -0.393 e. The molecule has 168 valence electrons. The molecule has 0 bridgehead atoms. The van der Waals surface area contributed by atoms with E-state index >= 15 is 0 Å². The maximum atomic E-state index is 13.3. The van der Waals surface area contributed by atoms with Gasteiger partial charge in [0.2, 0.25) is 5.91 Å². The fraction of sp³-hybridized carbons (Fsp3) is 0.500. The molecular formula is C24H36N6O. The Balaban J connectivity index is 2.48. The van der Waals surface area contributed by atoms with Gasteiger partial charge in [-0.3, -0.25) is 4.79 Å². The number of nitrogens with zero attached hydrogens (tertiary/aromatic N) is 5. The van der Waals surface area contributed by atoms with Crippen LogP contribution in [0.25, 0.3) is 0 Å². The van der Waals surface area contributed by atoms with E-state index in [1.807, 2.05) is 68.1 Å². The standard InChI is InChI=1S/C24H36N6O/c1-8-28(7)17-20-15-21(30-13-11-24(3,23(30)31)18-27(5)6)9-10-22(20)29(14-12-26-4)19(2)16-25/h8-10,12,14-15,19,26H,1,11,13,17-18H2,2-7H3/b14-12-. The molecule has 0 spiro atoms. The molecule has 1 aliphatic rings. The third-order valence-electron chi connectivity index (χ3n) is 5.70. The second-order valence-corrected chi connectivity index (χ2v) is 8.73. The molecule has 1 aromatic carbocycles. The number of benzene rings is 1. The van der Waals surface area contributed by atoms with E-state index in [0.29, 0.717) is 13.1 Å². The van der Waals surface area contributed by atoms with Gasteiger partial charge in [0.25, 0.3) is 0 Å². The first-order valence-electron chi connectivity index (χ1n) is 10.6. The van der Waals surface area contributed by atoms with E-state index in [9.17, 15) is 10.1 Å². The largest absolute Gasteiger partial charge is 0.393 e. The van der Waals surface area contributed by atoms with Gasteiger partial charge in [-0.1, -0.05) is 6.58 Å². The molecule has 0 aromatic heterocycles. The number of carbonyl (C=O) groups excluding carboxylic acids is 1. The fourth-order valence-corrected chi connectivity index (χ4v) is 4.07. The van der Waals surface area contributed by atoms with Crippen LogP contribution in [0.15, 0.2) is 43.4 Å². The summed E-state index contributed by atoms with van der Waals surface area (Å²) in [7, 11) is 7.79. The number of hydrogen-bond donors (Lipinski definition) is 1. The van der Waals surface area contributed by atoms with Crippen molar-refractivity contribution in [1.29, 1.82) is 5.26 Å². The molecular weight excluding hydrogens is 388 g/mol. The second kappa shape index (κ2) is 10.4. The highest BCUT2D eigenvalue weighted by molar-refractivity contribution is 6.00. The van der Waals surface area contributed by atoms with Crippen molar-refractivity contribution in [2.75, 3.05) is 51.1 Å². The molecule has 1 saturated heterocycles. The second-order valence-electron chi connectivity index (χ2n) is 8.73. The monoisotopic (exact) mass is 424 g/mol. The van der Waals surface area contributed by atoms with Gasteiger partial charge < -0.3 is 24.9 Å². The van der Waals surface area contributed by atoms with Gasteiger partial charge in [-0.05, 0) is 64.3 Å². The predicted octanol–water partition coefficient (Wildman–Crippen LogP) is 2.98. The molecule has 1 amide bonds. The van der Waals surface area contributed by atoms with Crippen LogP contribution in [0.4, 0.5) is 11.4 Å². The zero-order valence-electron chi connectivity index (χ0n) is 19.7. The van der Waals surface area contributed by atoms with Gasteiger partial charge in [0.1, 0.15) is 6.04 Å². The minimum absolute atomic E-state index is 0.161. The van der Waals surface area contributed by atoms with E-state index in [2.05, 4.69) is 35.9 Å². The van der Waals surface area contributed by atoms with E-state index in [-0.39, 0.29) is 17.4 Å². The molecule has 2 unspecified atom stereocenters. The smallest absolute Gasteiger partial charge is 0.234 e. The van der Waals surface area contributed by atoms with Crippen molar-refractivity contribution >= 4 is 17.3 Å². The first-order valence-corrected chi connectivity index (χ1v) is 10.6. The summed E-state index contributed by atoms with van der Waals surface area (Å²) in [5.74, 6) is 0.161. The van der Waals surface area contributed by atoms with Crippen LogP contribution >= 0.6 is 0 Å². The minimum atomic E-state index is -0.378. The third-order valence-corrected chi connectivity index (χ3v) is 5.70. The molecule has 7 nitrogen and oxygen atoms in total. The van der Waals surface area contributed by atoms with E-state index < -0.39 is 0 Å². The van der Waals surface area contributed by atoms with Crippen molar-refractivity contribution in [2.45, 2.75) is 32.9 Å². The molecule has 31 heavy (non-hydrogen) atoms. The number of amides is 1. The molecule has 0 radical (unpaired) electrons. The number of anilines is 2. The normalized spacial score (nSPS) is 19.5. The Morgan fingerprint density at radius 1 is 1.39 bits per heavy atom. The zero-order valence-corrected chi connectivity index (χ0v) is 19.7. The van der Waals surface area contributed by atoms with Crippen molar-refractivity contribution < 1.29 is 4.79 Å². The van der Waals surface area contributed by atoms with Crippen LogP contribution in [0.5, 0.6) is 0 Å². The Labute approximate surface area is 187 Å². The predicted molar refractivity (Wildman–Crippen MR) is 127 cm³/mol. The molecule has 7 heteroatoms. The summed E-state index contributed by atoms with van der Waals surface area (Å²) in [4.78, 5) is 21.2. The summed E-state index contributed by atoms with van der Waals surface area (Å²) in [5, 5.41) is 12.5. The summed E-state index contributed by atoms with van der Waals surface area (Å²) < 4.78 is 0. The summed E-state index contributed by atoms with van der Waals surface area (Å²) in [5.41, 5.74) is 2.47. The lowest BCUT2D eigenvalue weighted by molar-refractivity contribution is -0.125. The average Bonchev–Trinajstić information content (AvgIpc) is 3.02. The van der Waals surface area contributed by atoms with Crippen LogP contribution in [0.2, 0.25) is 0 Å². The lowest BCUT2D eigenvalue weighted by Crippen LogP contribution is -2.39. The Morgan fingerprint density at radius 3 is 2.68 bits per heavy atom. The van der Waals surface area contributed by atoms with Crippen molar-refractivity contribution in [3.8, 4) is 6.07 Å². The number of hydrogen-bond acceptors (Lipinski definition) is 6. The number of carbonyl (C=O) groups is 1. The number of nitriles is 1. The van der Waals surface area contributed by atoms with Crippen LogP contribution < -0.4 is 15.1 Å². The molecule has 1 aromatic rings. The van der Waals surface area contributed by atoms with Crippen LogP contribution in [0, 0.1) is 16.7 Å². The highest BCUT2D eigenvalue weighted by atomic mass is 16.2. The molecule has 1 aliphatic heterocycles. The molecule has 1 N–H and O–H groups in total. The first kappa shape index (κ1) is 24.3. The van der Waals surface area contributed by atoms with Gasteiger partial charge in [-0.2, -0.15) is 5.26 Å². The highest BCUT2D eigenvalue weighted by Gasteiger charge is 2.43. The molecule has 0 saturated carbocycles. The van der Waals surface area contributed by atoms with E-state index in [1.165, 1.54) is 0 Å². The van der Waals surface area contributed by atoms with Gasteiger partial charge >= 0.3 is 0 Å². The Hall–Kier alpha value is -2.98. The van der Waals surface area contributed by atoms with Gasteiger partial charge in [0.15, 0.2) is 0 Å². The zero-order chi connectivity index (χ0) is 23.2. The third kappa shape index (κ3) is 5.59. The van der Waals surface area contributed by atoms with E-state index in [4.69, 9.17) is 0 Å². The van der Waals surface area contributed by atoms with Gasteiger partial charge in [0, 0.05) is 57.5 Å². The summed E-state index contributed by atoms with van der Waals surface area (Å²) >= 11 is 0. The van der Waals surface area contributed by atoms with Crippen molar-refractivity contribution in [1.82, 2.24) is 15.1 Å². The quantitative estimate of drug-likeness (QED) is 0.623. The SMILES string of the molecule is C=CN(C)Cc1cc(N2CCC(C)(CN(C)C)C2=O)ccc1N(/C=C\NC)C(C)C#N. The lowest BCUT2D eigenvalue weighted by atomic mass is 9.88. The fourth-order valence-electron chi connectivity index (χ4n) is 4.07. The maximum Gasteiger partial charge on any atom is 0.234 e. The number of rotatable bonds is 10. The van der Waals surface area contributed by atoms with Crippen LogP contribution in [0.3, 0.4) is 0 Å². The van der Waals surface area contributed by atoms with Crippen LogP contribution in [-0.4, -0.2) is 63.0 Å². The van der Waals surface area contributed by atoms with Crippen molar-refractivity contribution in [3.63, 3.8) is 0 Å².